The van der Waals surface area contributed by atoms with E-state index in [0.29, 0.717) is 6.42 Å². The molecule has 0 atom stereocenters. The molecule has 0 spiro atoms. The van der Waals surface area contributed by atoms with Crippen LogP contribution in [0.15, 0.2) is 78.4 Å². The zero-order valence-electron chi connectivity index (χ0n) is 21.0. The Labute approximate surface area is 215 Å². The van der Waals surface area contributed by atoms with Crippen molar-refractivity contribution in [2.45, 2.75) is 33.1 Å². The first-order chi connectivity index (χ1) is 18.1. The van der Waals surface area contributed by atoms with E-state index in [1.807, 2.05) is 6.08 Å². The maximum Gasteiger partial charge on any atom is 0.163 e. The molecule has 0 amide bonds. The van der Waals surface area contributed by atoms with Gasteiger partial charge in [-0.05, 0) is 113 Å². The molecule has 3 aliphatic carbocycles. The molecule has 0 bridgehead atoms. The van der Waals surface area contributed by atoms with Gasteiger partial charge in [0, 0.05) is 18.4 Å². The number of aryl methyl sites for hydroxylation is 2. The lowest BCUT2D eigenvalue weighted by molar-refractivity contribution is -0.114. The van der Waals surface area contributed by atoms with E-state index in [0.717, 1.165) is 24.0 Å². The quantitative estimate of drug-likeness (QED) is 0.159. The number of ketones is 1. The summed E-state index contributed by atoms with van der Waals surface area (Å²) in [6.07, 6.45) is 6.47. The van der Waals surface area contributed by atoms with Gasteiger partial charge in [-0.1, -0.05) is 72.8 Å². The third-order valence-electron chi connectivity index (χ3n) is 9.27. The van der Waals surface area contributed by atoms with Gasteiger partial charge in [0.15, 0.2) is 5.78 Å². The summed E-state index contributed by atoms with van der Waals surface area (Å²) in [7, 11) is 0. The Bertz CT molecular complexity index is 2130. The Balaban J connectivity index is 1.53. The molecule has 0 N–H and O–H groups in total. The van der Waals surface area contributed by atoms with Crippen molar-refractivity contribution in [1.29, 1.82) is 0 Å². The molecule has 174 valence electrons. The molecule has 0 saturated carbocycles. The van der Waals surface area contributed by atoms with Gasteiger partial charge in [0.05, 0.1) is 0 Å². The highest BCUT2D eigenvalue weighted by Crippen LogP contribution is 2.51. The summed E-state index contributed by atoms with van der Waals surface area (Å²) in [5.74, 6) is 0.273. The third kappa shape index (κ3) is 2.29. The van der Waals surface area contributed by atoms with Crippen LogP contribution in [-0.2, 0) is 17.6 Å². The normalized spacial score (nSPS) is 15.9. The summed E-state index contributed by atoms with van der Waals surface area (Å²) in [5.41, 5.74) is 12.9. The number of rotatable bonds is 0. The number of fused-ring (bicyclic) bond motifs is 5. The van der Waals surface area contributed by atoms with Crippen molar-refractivity contribution in [3.8, 4) is 11.1 Å². The van der Waals surface area contributed by atoms with Crippen LogP contribution in [0.2, 0.25) is 0 Å². The van der Waals surface area contributed by atoms with Crippen LogP contribution in [0, 0.1) is 13.8 Å². The lowest BCUT2D eigenvalue weighted by Crippen LogP contribution is -2.14. The van der Waals surface area contributed by atoms with E-state index in [2.05, 4.69) is 80.6 Å². The van der Waals surface area contributed by atoms with Gasteiger partial charge in [0.25, 0.3) is 0 Å². The van der Waals surface area contributed by atoms with Crippen molar-refractivity contribution in [2.75, 3.05) is 0 Å². The number of hydrogen-bond acceptors (Lipinski definition) is 1. The van der Waals surface area contributed by atoms with Crippen LogP contribution in [0.3, 0.4) is 0 Å². The van der Waals surface area contributed by atoms with Gasteiger partial charge in [-0.25, -0.2) is 0 Å². The van der Waals surface area contributed by atoms with E-state index in [1.54, 1.807) is 0 Å². The fraction of sp³-hybridized carbons (Fsp3) is 0.139. The topological polar surface area (TPSA) is 17.1 Å². The van der Waals surface area contributed by atoms with Gasteiger partial charge in [-0.3, -0.25) is 4.79 Å². The predicted octanol–water partition coefficient (Wildman–Crippen LogP) is 8.76. The number of benzene rings is 6. The summed E-state index contributed by atoms with van der Waals surface area (Å²) in [4.78, 5) is 12.9. The molecule has 1 nitrogen and oxygen atoms in total. The van der Waals surface area contributed by atoms with Gasteiger partial charge in [0.2, 0.25) is 0 Å². The number of Topliss-reactive ketones (excluding diaryl/α,β-unsaturated/α-hetero) is 1. The molecule has 0 heterocycles. The molecule has 3 aliphatic rings. The lowest BCUT2D eigenvalue weighted by atomic mass is 9.74. The highest BCUT2D eigenvalue weighted by atomic mass is 16.1. The summed E-state index contributed by atoms with van der Waals surface area (Å²) >= 11 is 0. The van der Waals surface area contributed by atoms with E-state index in [-0.39, 0.29) is 5.78 Å². The molecule has 0 aromatic heterocycles. The maximum absolute atomic E-state index is 12.9. The SMILES string of the molecule is Cc1cc2c3c(ccc4c5c(C)cc6c7c(ccc(c1c34)c75)Cc1ccccc1-6)CC1=C2C=CCC1=O. The summed E-state index contributed by atoms with van der Waals surface area (Å²) in [6, 6.07) is 23.1. The monoisotopic (exact) mass is 472 g/mol. The average molecular weight is 473 g/mol. The summed E-state index contributed by atoms with van der Waals surface area (Å²) in [6.45, 7) is 4.54. The zero-order valence-corrected chi connectivity index (χ0v) is 21.0. The second kappa shape index (κ2) is 6.55. The van der Waals surface area contributed by atoms with Gasteiger partial charge in [0.1, 0.15) is 0 Å². The van der Waals surface area contributed by atoms with E-state index >= 15 is 0 Å². The zero-order chi connectivity index (χ0) is 24.6. The Hall–Kier alpha value is -4.23. The molecule has 37 heavy (non-hydrogen) atoms. The largest absolute Gasteiger partial charge is 0.294 e. The Morgan fingerprint density at radius 3 is 2.00 bits per heavy atom. The fourth-order valence-corrected chi connectivity index (χ4v) is 7.81. The van der Waals surface area contributed by atoms with Crippen molar-refractivity contribution < 1.29 is 4.79 Å². The molecule has 0 saturated heterocycles. The molecular weight excluding hydrogens is 448 g/mol. The molecule has 1 heteroatoms. The first kappa shape index (κ1) is 19.9. The van der Waals surface area contributed by atoms with Crippen LogP contribution in [0.5, 0.6) is 0 Å². The third-order valence-corrected chi connectivity index (χ3v) is 9.27. The van der Waals surface area contributed by atoms with Crippen molar-refractivity contribution in [3.05, 3.63) is 112 Å². The first-order valence-electron chi connectivity index (χ1n) is 13.3. The van der Waals surface area contributed by atoms with E-state index in [9.17, 15) is 4.79 Å². The second-order valence-corrected chi connectivity index (χ2v) is 11.2. The molecule has 0 unspecified atom stereocenters. The fourth-order valence-electron chi connectivity index (χ4n) is 7.81. The van der Waals surface area contributed by atoms with Crippen LogP contribution in [0.1, 0.15) is 39.8 Å². The molecule has 6 aromatic carbocycles. The van der Waals surface area contributed by atoms with Crippen LogP contribution in [0.25, 0.3) is 59.8 Å². The van der Waals surface area contributed by atoms with Crippen molar-refractivity contribution in [3.63, 3.8) is 0 Å². The smallest absolute Gasteiger partial charge is 0.163 e. The molecule has 6 aromatic rings. The number of carbonyl (C=O) groups excluding carboxylic acids is 1. The van der Waals surface area contributed by atoms with Gasteiger partial charge < -0.3 is 0 Å². The predicted molar refractivity (Wildman–Crippen MR) is 155 cm³/mol. The minimum Gasteiger partial charge on any atom is -0.294 e. The Morgan fingerprint density at radius 2 is 1.24 bits per heavy atom. The van der Waals surface area contributed by atoms with Crippen molar-refractivity contribution in [2.24, 2.45) is 0 Å². The number of allylic oxidation sites excluding steroid dienone is 4. The summed E-state index contributed by atoms with van der Waals surface area (Å²) in [5, 5.41) is 11.1. The van der Waals surface area contributed by atoms with Crippen LogP contribution in [-0.4, -0.2) is 5.78 Å². The Morgan fingerprint density at radius 1 is 0.595 bits per heavy atom. The second-order valence-electron chi connectivity index (χ2n) is 11.2. The minimum absolute atomic E-state index is 0.273. The molecule has 0 fully saturated rings. The molecular formula is C36H24O. The van der Waals surface area contributed by atoms with Crippen molar-refractivity contribution >= 4 is 54.4 Å². The number of carbonyl (C=O) groups is 1. The average Bonchev–Trinajstić information content (AvgIpc) is 2.91. The maximum atomic E-state index is 12.9. The Kier molecular flexibility index (Phi) is 3.52. The summed E-state index contributed by atoms with van der Waals surface area (Å²) < 4.78 is 0. The molecule has 9 rings (SSSR count). The van der Waals surface area contributed by atoms with E-state index in [4.69, 9.17) is 0 Å². The van der Waals surface area contributed by atoms with Gasteiger partial charge in [-0.15, -0.1) is 0 Å². The number of hydrogen-bond donors (Lipinski definition) is 0. The molecule has 0 radical (unpaired) electrons. The standard InChI is InChI=1S/C36H24O/c1-18-14-28-23-7-4-3-6-20(23)16-21-10-12-25-32-19(2)15-29-24-8-5-9-30(37)27(24)17-22-11-13-26(36(32)34(22)29)31(18)35(25)33(21)28/h3-8,10-15H,9,16-17H2,1-2H3. The minimum atomic E-state index is 0.273. The first-order valence-corrected chi connectivity index (χ1v) is 13.3. The van der Waals surface area contributed by atoms with Crippen molar-refractivity contribution in [1.82, 2.24) is 0 Å². The van der Waals surface area contributed by atoms with Crippen LogP contribution < -0.4 is 0 Å². The highest BCUT2D eigenvalue weighted by molar-refractivity contribution is 6.37. The van der Waals surface area contributed by atoms with Gasteiger partial charge >= 0.3 is 0 Å². The van der Waals surface area contributed by atoms with E-state index in [1.165, 1.54) is 87.6 Å². The van der Waals surface area contributed by atoms with Gasteiger partial charge in [-0.2, -0.15) is 0 Å². The highest BCUT2D eigenvalue weighted by Gasteiger charge is 2.29. The van der Waals surface area contributed by atoms with E-state index < -0.39 is 0 Å². The van der Waals surface area contributed by atoms with Crippen LogP contribution in [0.4, 0.5) is 0 Å². The lowest BCUT2D eigenvalue weighted by Gasteiger charge is -2.29. The molecule has 0 aliphatic heterocycles. The van der Waals surface area contributed by atoms with Crippen LogP contribution >= 0.6 is 0 Å².